The van der Waals surface area contributed by atoms with Crippen LogP contribution in [0.3, 0.4) is 0 Å². The molecule has 1 aliphatic heterocycles. The van der Waals surface area contributed by atoms with Crippen molar-refractivity contribution in [3.63, 3.8) is 0 Å². The number of rotatable bonds is 5. The average Bonchev–Trinajstić information content (AvgIpc) is 2.45. The van der Waals surface area contributed by atoms with E-state index in [-0.39, 0.29) is 0 Å². The van der Waals surface area contributed by atoms with Crippen LogP contribution >= 0.6 is 0 Å². The van der Waals surface area contributed by atoms with Crippen LogP contribution in [-0.4, -0.2) is 30.6 Å². The molecule has 1 fully saturated rings. The Hall–Kier alpha value is -0.0800. The molecule has 0 saturated carbocycles. The van der Waals surface area contributed by atoms with Gasteiger partial charge in [-0.3, -0.25) is 4.90 Å². The molecule has 0 amide bonds. The third-order valence-electron chi connectivity index (χ3n) is 3.73. The molecule has 2 N–H and O–H groups in total. The van der Waals surface area contributed by atoms with Crippen molar-refractivity contribution < 1.29 is 0 Å². The Labute approximate surface area is 95.2 Å². The lowest BCUT2D eigenvalue weighted by Crippen LogP contribution is -2.41. The Kier molecular flexibility index (Phi) is 6.26. The van der Waals surface area contributed by atoms with E-state index in [0.717, 1.165) is 12.5 Å². The van der Waals surface area contributed by atoms with Crippen molar-refractivity contribution in [3.8, 4) is 0 Å². The predicted molar refractivity (Wildman–Crippen MR) is 67.0 cm³/mol. The van der Waals surface area contributed by atoms with Gasteiger partial charge in [0.25, 0.3) is 0 Å². The van der Waals surface area contributed by atoms with Crippen molar-refractivity contribution in [1.82, 2.24) is 4.90 Å². The highest BCUT2D eigenvalue weighted by molar-refractivity contribution is 4.76. The molecule has 2 nitrogen and oxygen atoms in total. The molecule has 1 rings (SSSR count). The quantitative estimate of drug-likeness (QED) is 0.759. The third-order valence-corrected chi connectivity index (χ3v) is 3.73. The summed E-state index contributed by atoms with van der Waals surface area (Å²) >= 11 is 0. The van der Waals surface area contributed by atoms with Gasteiger partial charge in [-0.25, -0.2) is 0 Å². The maximum atomic E-state index is 5.89. The molecule has 2 atom stereocenters. The molecule has 15 heavy (non-hydrogen) atoms. The van der Waals surface area contributed by atoms with Crippen LogP contribution in [0, 0.1) is 5.92 Å². The largest absolute Gasteiger partial charge is 0.329 e. The molecular weight excluding hydrogens is 184 g/mol. The molecule has 1 aliphatic rings. The van der Waals surface area contributed by atoms with Crippen LogP contribution in [0.25, 0.3) is 0 Å². The minimum absolute atomic E-state index is 0.648. The number of unbranched alkanes of at least 4 members (excludes halogenated alkanes) is 1. The van der Waals surface area contributed by atoms with Crippen molar-refractivity contribution in [1.29, 1.82) is 0 Å². The topological polar surface area (TPSA) is 29.3 Å². The fraction of sp³-hybridized carbons (Fsp3) is 1.00. The van der Waals surface area contributed by atoms with Crippen LogP contribution in [-0.2, 0) is 0 Å². The molecule has 0 aromatic heterocycles. The zero-order chi connectivity index (χ0) is 11.1. The SMILES string of the molecule is CCCCC(CN)N1CCCC(C)CC1. The first kappa shape index (κ1) is 13.0. The van der Waals surface area contributed by atoms with E-state index in [1.54, 1.807) is 0 Å². The summed E-state index contributed by atoms with van der Waals surface area (Å²) in [5.41, 5.74) is 5.89. The van der Waals surface area contributed by atoms with Gasteiger partial charge in [-0.05, 0) is 44.7 Å². The van der Waals surface area contributed by atoms with E-state index < -0.39 is 0 Å². The fourth-order valence-corrected chi connectivity index (χ4v) is 2.54. The van der Waals surface area contributed by atoms with Gasteiger partial charge in [0.15, 0.2) is 0 Å². The Morgan fingerprint density at radius 2 is 2.13 bits per heavy atom. The van der Waals surface area contributed by atoms with Gasteiger partial charge in [0.1, 0.15) is 0 Å². The van der Waals surface area contributed by atoms with Crippen LogP contribution in [0.5, 0.6) is 0 Å². The molecule has 1 saturated heterocycles. The highest BCUT2D eigenvalue weighted by atomic mass is 15.2. The number of nitrogens with two attached hydrogens (primary N) is 1. The molecule has 0 bridgehead atoms. The molecule has 0 radical (unpaired) electrons. The molecule has 90 valence electrons. The van der Waals surface area contributed by atoms with Gasteiger partial charge < -0.3 is 5.73 Å². The van der Waals surface area contributed by atoms with E-state index in [9.17, 15) is 0 Å². The van der Waals surface area contributed by atoms with Crippen molar-refractivity contribution in [2.45, 2.75) is 58.4 Å². The van der Waals surface area contributed by atoms with Gasteiger partial charge in [0.2, 0.25) is 0 Å². The van der Waals surface area contributed by atoms with Gasteiger partial charge in [-0.2, -0.15) is 0 Å². The Balaban J connectivity index is 2.37. The van der Waals surface area contributed by atoms with Crippen molar-refractivity contribution in [3.05, 3.63) is 0 Å². The second-order valence-electron chi connectivity index (χ2n) is 5.10. The first-order valence-electron chi connectivity index (χ1n) is 6.72. The lowest BCUT2D eigenvalue weighted by Gasteiger charge is -2.29. The Morgan fingerprint density at radius 3 is 2.80 bits per heavy atom. The maximum absolute atomic E-state index is 5.89. The molecule has 0 aliphatic carbocycles. The molecule has 0 spiro atoms. The second-order valence-corrected chi connectivity index (χ2v) is 5.10. The van der Waals surface area contributed by atoms with Crippen LogP contribution in [0.1, 0.15) is 52.4 Å². The molecule has 0 aromatic carbocycles. The summed E-state index contributed by atoms with van der Waals surface area (Å²) in [5.74, 6) is 0.916. The summed E-state index contributed by atoms with van der Waals surface area (Å²) in [6.07, 6.45) is 8.05. The van der Waals surface area contributed by atoms with E-state index in [4.69, 9.17) is 5.73 Å². The predicted octanol–water partition coefficient (Wildman–Crippen LogP) is 2.63. The van der Waals surface area contributed by atoms with Gasteiger partial charge in [0.05, 0.1) is 0 Å². The molecule has 0 aromatic rings. The van der Waals surface area contributed by atoms with Gasteiger partial charge in [0, 0.05) is 12.6 Å². The smallest absolute Gasteiger partial charge is 0.0218 e. The number of likely N-dealkylation sites (tertiary alicyclic amines) is 1. The fourth-order valence-electron chi connectivity index (χ4n) is 2.54. The number of hydrogen-bond donors (Lipinski definition) is 1. The van der Waals surface area contributed by atoms with Crippen molar-refractivity contribution >= 4 is 0 Å². The van der Waals surface area contributed by atoms with Crippen LogP contribution in [0.15, 0.2) is 0 Å². The van der Waals surface area contributed by atoms with E-state index in [1.807, 2.05) is 0 Å². The molecular formula is C13H28N2. The second kappa shape index (κ2) is 7.24. The summed E-state index contributed by atoms with van der Waals surface area (Å²) in [5, 5.41) is 0. The van der Waals surface area contributed by atoms with Gasteiger partial charge in [-0.15, -0.1) is 0 Å². The third kappa shape index (κ3) is 4.52. The zero-order valence-corrected chi connectivity index (χ0v) is 10.5. The maximum Gasteiger partial charge on any atom is 0.0218 e. The normalized spacial score (nSPS) is 26.2. The first-order valence-corrected chi connectivity index (χ1v) is 6.72. The Morgan fingerprint density at radius 1 is 1.33 bits per heavy atom. The van der Waals surface area contributed by atoms with E-state index in [2.05, 4.69) is 18.7 Å². The Bertz CT molecular complexity index is 159. The van der Waals surface area contributed by atoms with Gasteiger partial charge in [-0.1, -0.05) is 26.7 Å². The van der Waals surface area contributed by atoms with Crippen molar-refractivity contribution in [2.24, 2.45) is 11.7 Å². The summed E-state index contributed by atoms with van der Waals surface area (Å²) < 4.78 is 0. The molecule has 2 unspecified atom stereocenters. The van der Waals surface area contributed by atoms with Gasteiger partial charge >= 0.3 is 0 Å². The summed E-state index contributed by atoms with van der Waals surface area (Å²) in [6, 6.07) is 0.648. The van der Waals surface area contributed by atoms with Crippen LogP contribution < -0.4 is 5.73 Å². The van der Waals surface area contributed by atoms with Crippen LogP contribution in [0.4, 0.5) is 0 Å². The summed E-state index contributed by atoms with van der Waals surface area (Å²) in [6.45, 7) is 8.03. The lowest BCUT2D eigenvalue weighted by molar-refractivity contribution is 0.193. The highest BCUT2D eigenvalue weighted by Crippen LogP contribution is 2.19. The van der Waals surface area contributed by atoms with Crippen molar-refractivity contribution in [2.75, 3.05) is 19.6 Å². The van der Waals surface area contributed by atoms with E-state index in [0.29, 0.717) is 6.04 Å². The highest BCUT2D eigenvalue weighted by Gasteiger charge is 2.19. The molecule has 1 heterocycles. The number of nitrogens with zero attached hydrogens (tertiary/aromatic N) is 1. The summed E-state index contributed by atoms with van der Waals surface area (Å²) in [4.78, 5) is 2.64. The van der Waals surface area contributed by atoms with E-state index in [1.165, 1.54) is 51.6 Å². The monoisotopic (exact) mass is 212 g/mol. The van der Waals surface area contributed by atoms with Crippen LogP contribution in [0.2, 0.25) is 0 Å². The van der Waals surface area contributed by atoms with E-state index >= 15 is 0 Å². The standard InChI is InChI=1S/C13H28N2/c1-3-4-7-13(11-14)15-9-5-6-12(2)8-10-15/h12-13H,3-11,14H2,1-2H3. The zero-order valence-electron chi connectivity index (χ0n) is 10.5. The average molecular weight is 212 g/mol. The minimum Gasteiger partial charge on any atom is -0.329 e. The number of hydrogen-bond acceptors (Lipinski definition) is 2. The summed E-state index contributed by atoms with van der Waals surface area (Å²) in [7, 11) is 0. The first-order chi connectivity index (χ1) is 7.27. The molecule has 2 heteroatoms. The minimum atomic E-state index is 0.648. The lowest BCUT2D eigenvalue weighted by atomic mass is 10.0.